The molecule has 1 unspecified atom stereocenters. The Labute approximate surface area is 94.0 Å². The third-order valence-electron chi connectivity index (χ3n) is 2.74. The van der Waals surface area contributed by atoms with Gasteiger partial charge in [0.25, 0.3) is 0 Å². The van der Waals surface area contributed by atoms with E-state index >= 15 is 0 Å². The summed E-state index contributed by atoms with van der Waals surface area (Å²) < 4.78 is 0. The second-order valence-electron chi connectivity index (χ2n) is 3.94. The van der Waals surface area contributed by atoms with Crippen LogP contribution in [-0.4, -0.2) is 47.8 Å². The molecule has 0 aromatic heterocycles. The molecule has 16 heavy (non-hydrogen) atoms. The maximum absolute atomic E-state index is 11.7. The fourth-order valence-electron chi connectivity index (χ4n) is 1.76. The molecule has 6 heteroatoms. The monoisotopic (exact) mass is 230 g/mol. The molecule has 1 aliphatic heterocycles. The smallest absolute Gasteiger partial charge is 0.326 e. The van der Waals surface area contributed by atoms with E-state index < -0.39 is 12.0 Å². The van der Waals surface area contributed by atoms with Crippen molar-refractivity contribution in [2.75, 3.05) is 19.7 Å². The molecule has 1 atom stereocenters. The Kier molecular flexibility index (Phi) is 5.21. The quantitative estimate of drug-likeness (QED) is 0.482. The average Bonchev–Trinajstić information content (AvgIpc) is 2.29. The summed E-state index contributed by atoms with van der Waals surface area (Å²) in [4.78, 5) is 22.5. The minimum atomic E-state index is -1.10. The lowest BCUT2D eigenvalue weighted by molar-refractivity contribution is -0.143. The molecule has 1 heterocycles. The lowest BCUT2D eigenvalue weighted by Gasteiger charge is -2.23. The molecule has 1 amide bonds. The first-order valence-electron chi connectivity index (χ1n) is 5.50. The summed E-state index contributed by atoms with van der Waals surface area (Å²) in [7, 11) is 0. The van der Waals surface area contributed by atoms with Gasteiger partial charge in [0.2, 0.25) is 5.91 Å². The van der Waals surface area contributed by atoms with Crippen LogP contribution < -0.4 is 10.6 Å². The van der Waals surface area contributed by atoms with Crippen molar-refractivity contribution in [1.29, 1.82) is 0 Å². The predicted molar refractivity (Wildman–Crippen MR) is 56.9 cm³/mol. The van der Waals surface area contributed by atoms with Crippen LogP contribution in [0.4, 0.5) is 0 Å². The van der Waals surface area contributed by atoms with Crippen molar-refractivity contribution in [2.45, 2.75) is 25.3 Å². The number of hydrogen-bond donors (Lipinski definition) is 4. The van der Waals surface area contributed by atoms with Gasteiger partial charge in [-0.15, -0.1) is 0 Å². The van der Waals surface area contributed by atoms with Crippen molar-refractivity contribution in [1.82, 2.24) is 10.6 Å². The maximum atomic E-state index is 11.7. The average molecular weight is 230 g/mol. The highest BCUT2D eigenvalue weighted by molar-refractivity contribution is 5.85. The Morgan fingerprint density at radius 3 is 2.50 bits per heavy atom. The summed E-state index contributed by atoms with van der Waals surface area (Å²) in [5.74, 6) is -1.43. The number of nitrogens with one attached hydrogen (secondary N) is 2. The molecule has 0 saturated carbocycles. The minimum Gasteiger partial charge on any atom is -0.480 e. The molecule has 4 N–H and O–H groups in total. The predicted octanol–water partition coefficient (Wildman–Crippen LogP) is -1.06. The number of hydrogen-bond acceptors (Lipinski definition) is 4. The zero-order chi connectivity index (χ0) is 12.0. The third kappa shape index (κ3) is 3.79. The van der Waals surface area contributed by atoms with Crippen molar-refractivity contribution in [3.8, 4) is 0 Å². The molecule has 0 spiro atoms. The van der Waals surface area contributed by atoms with Gasteiger partial charge >= 0.3 is 5.97 Å². The summed E-state index contributed by atoms with van der Waals surface area (Å²) in [5.41, 5.74) is 0. The number of rotatable bonds is 5. The van der Waals surface area contributed by atoms with Crippen molar-refractivity contribution < 1.29 is 19.8 Å². The zero-order valence-corrected chi connectivity index (χ0v) is 9.11. The standard InChI is InChI=1S/C10H18N2O4/c13-6-3-8(10(15)16)12-9(14)7-1-4-11-5-2-7/h7-8,11,13H,1-6H2,(H,12,14)(H,15,16). The molecule has 1 saturated heterocycles. The number of aliphatic hydroxyl groups excluding tert-OH is 1. The van der Waals surface area contributed by atoms with Gasteiger partial charge in [-0.3, -0.25) is 4.79 Å². The second-order valence-corrected chi connectivity index (χ2v) is 3.94. The lowest BCUT2D eigenvalue weighted by atomic mass is 9.97. The van der Waals surface area contributed by atoms with Crippen molar-refractivity contribution in [3.63, 3.8) is 0 Å². The molecule has 92 valence electrons. The normalized spacial score (nSPS) is 19.1. The van der Waals surface area contributed by atoms with Gasteiger partial charge in [0.1, 0.15) is 6.04 Å². The first kappa shape index (κ1) is 12.9. The molecular weight excluding hydrogens is 212 g/mol. The van der Waals surface area contributed by atoms with E-state index in [2.05, 4.69) is 10.6 Å². The van der Waals surface area contributed by atoms with Gasteiger partial charge in [-0.25, -0.2) is 4.79 Å². The fourth-order valence-corrected chi connectivity index (χ4v) is 1.76. The zero-order valence-electron chi connectivity index (χ0n) is 9.11. The van der Waals surface area contributed by atoms with Crippen LogP contribution in [0.2, 0.25) is 0 Å². The van der Waals surface area contributed by atoms with Crippen molar-refractivity contribution in [3.05, 3.63) is 0 Å². The van der Waals surface area contributed by atoms with E-state index in [0.29, 0.717) is 0 Å². The Morgan fingerprint density at radius 1 is 1.38 bits per heavy atom. The molecule has 0 aromatic carbocycles. The van der Waals surface area contributed by atoms with Crippen LogP contribution in [0.1, 0.15) is 19.3 Å². The largest absolute Gasteiger partial charge is 0.480 e. The first-order valence-corrected chi connectivity index (χ1v) is 5.50. The van der Waals surface area contributed by atoms with Crippen molar-refractivity contribution >= 4 is 11.9 Å². The summed E-state index contributed by atoms with van der Waals surface area (Å²) >= 11 is 0. The van der Waals surface area contributed by atoms with Crippen LogP contribution in [0.5, 0.6) is 0 Å². The summed E-state index contributed by atoms with van der Waals surface area (Å²) in [6.07, 6.45) is 1.51. The van der Waals surface area contributed by atoms with Crippen molar-refractivity contribution in [2.24, 2.45) is 5.92 Å². The molecular formula is C10H18N2O4. The highest BCUT2D eigenvalue weighted by Gasteiger charge is 2.25. The number of carbonyl (C=O) groups is 2. The lowest BCUT2D eigenvalue weighted by Crippen LogP contribution is -2.46. The van der Waals surface area contributed by atoms with Gasteiger partial charge in [0.05, 0.1) is 0 Å². The molecule has 0 radical (unpaired) electrons. The molecule has 1 fully saturated rings. The van der Waals surface area contributed by atoms with Crippen LogP contribution in [-0.2, 0) is 9.59 Å². The number of piperidine rings is 1. The van der Waals surface area contributed by atoms with E-state index in [1.807, 2.05) is 0 Å². The number of carbonyl (C=O) groups excluding carboxylic acids is 1. The van der Waals surface area contributed by atoms with Gasteiger partial charge in [0, 0.05) is 18.9 Å². The topological polar surface area (TPSA) is 98.7 Å². The number of carboxylic acid groups (broad SMARTS) is 1. The van der Waals surface area contributed by atoms with Crippen LogP contribution >= 0.6 is 0 Å². The van der Waals surface area contributed by atoms with Gasteiger partial charge in [-0.2, -0.15) is 0 Å². The van der Waals surface area contributed by atoms with E-state index in [0.717, 1.165) is 25.9 Å². The summed E-state index contributed by atoms with van der Waals surface area (Å²) in [6, 6.07) is -0.979. The molecule has 0 bridgehead atoms. The molecule has 6 nitrogen and oxygen atoms in total. The Bertz CT molecular complexity index is 251. The molecule has 1 aliphatic rings. The van der Waals surface area contributed by atoms with Gasteiger partial charge < -0.3 is 20.8 Å². The maximum Gasteiger partial charge on any atom is 0.326 e. The Balaban J connectivity index is 2.43. The molecule has 0 aromatic rings. The second kappa shape index (κ2) is 6.44. The van der Waals surface area contributed by atoms with Crippen LogP contribution in [0.15, 0.2) is 0 Å². The summed E-state index contributed by atoms with van der Waals surface area (Å²) in [6.45, 7) is 1.33. The van der Waals surface area contributed by atoms with E-state index in [1.54, 1.807) is 0 Å². The SMILES string of the molecule is O=C(NC(CCO)C(=O)O)C1CCNCC1. The minimum absolute atomic E-state index is 0.0477. The van der Waals surface area contributed by atoms with Crippen LogP contribution in [0.3, 0.4) is 0 Å². The fraction of sp³-hybridized carbons (Fsp3) is 0.800. The first-order chi connectivity index (χ1) is 7.65. The van der Waals surface area contributed by atoms with Gasteiger partial charge in [-0.05, 0) is 25.9 Å². The Morgan fingerprint density at radius 2 is 2.00 bits per heavy atom. The highest BCUT2D eigenvalue weighted by atomic mass is 16.4. The van der Waals surface area contributed by atoms with E-state index in [-0.39, 0.29) is 24.9 Å². The molecule has 1 rings (SSSR count). The van der Waals surface area contributed by atoms with E-state index in [4.69, 9.17) is 10.2 Å². The highest BCUT2D eigenvalue weighted by Crippen LogP contribution is 2.12. The molecule has 0 aliphatic carbocycles. The third-order valence-corrected chi connectivity index (χ3v) is 2.74. The Hall–Kier alpha value is -1.14. The van der Waals surface area contributed by atoms with Gasteiger partial charge in [0.15, 0.2) is 0 Å². The number of aliphatic hydroxyl groups is 1. The van der Waals surface area contributed by atoms with Crippen LogP contribution in [0, 0.1) is 5.92 Å². The number of amides is 1. The van der Waals surface area contributed by atoms with Crippen LogP contribution in [0.25, 0.3) is 0 Å². The van der Waals surface area contributed by atoms with E-state index in [1.165, 1.54) is 0 Å². The number of carboxylic acids is 1. The summed E-state index contributed by atoms with van der Waals surface area (Å²) in [5, 5.41) is 23.1. The van der Waals surface area contributed by atoms with Gasteiger partial charge in [-0.1, -0.05) is 0 Å². The van der Waals surface area contributed by atoms with E-state index in [9.17, 15) is 9.59 Å². The number of aliphatic carboxylic acids is 1.